The third kappa shape index (κ3) is 3.73. The molecule has 0 saturated carbocycles. The first-order chi connectivity index (χ1) is 14.2. The van der Waals surface area contributed by atoms with E-state index in [-0.39, 0.29) is 4.90 Å². The van der Waals surface area contributed by atoms with E-state index in [1.165, 1.54) is 29.5 Å². The Kier molecular flexibility index (Phi) is 5.61. The molecule has 0 radical (unpaired) electrons. The van der Waals surface area contributed by atoms with Crippen LogP contribution >= 0.6 is 12.2 Å². The number of piperidine rings is 1. The molecule has 2 aliphatic rings. The number of nitrogens with zero attached hydrogens (tertiary/aromatic N) is 3. The van der Waals surface area contributed by atoms with Gasteiger partial charge in [-0.2, -0.15) is 0 Å². The summed E-state index contributed by atoms with van der Waals surface area (Å²) in [5.74, 6) is 0.416. The summed E-state index contributed by atoms with van der Waals surface area (Å²) >= 11 is 5.83. The predicted octanol–water partition coefficient (Wildman–Crippen LogP) is 3.25. The first kappa shape index (κ1) is 21.2. The number of nitrogens with one attached hydrogen (secondary N) is 1. The summed E-state index contributed by atoms with van der Waals surface area (Å²) in [7, 11) is 1.73. The van der Waals surface area contributed by atoms with E-state index in [1.807, 2.05) is 6.07 Å². The SMILES string of the molecule is Cc1ccc2c(c1)[C@H]1CN(C)CC[C@@H]1N2C(=S)Nc1cccc(S(=O)(=O)N(C)C)c1. The smallest absolute Gasteiger partial charge is 0.242 e. The van der Waals surface area contributed by atoms with Crippen molar-refractivity contribution in [2.24, 2.45) is 0 Å². The number of aryl methyl sites for hydroxylation is 1. The van der Waals surface area contributed by atoms with Gasteiger partial charge in [0.15, 0.2) is 5.11 Å². The molecule has 0 unspecified atom stereocenters. The molecule has 2 aromatic rings. The van der Waals surface area contributed by atoms with Gasteiger partial charge >= 0.3 is 0 Å². The summed E-state index contributed by atoms with van der Waals surface area (Å²) in [5.41, 5.74) is 4.43. The molecular formula is C22H28N4O2S2. The quantitative estimate of drug-likeness (QED) is 0.734. The number of anilines is 2. The molecule has 2 atom stereocenters. The molecule has 1 saturated heterocycles. The van der Waals surface area contributed by atoms with Gasteiger partial charge in [-0.3, -0.25) is 0 Å². The minimum Gasteiger partial charge on any atom is -0.332 e. The maximum atomic E-state index is 12.5. The molecule has 2 aromatic carbocycles. The zero-order valence-corrected chi connectivity index (χ0v) is 19.4. The zero-order valence-electron chi connectivity index (χ0n) is 17.8. The highest BCUT2D eigenvalue weighted by atomic mass is 32.2. The largest absolute Gasteiger partial charge is 0.332 e. The van der Waals surface area contributed by atoms with Crippen molar-refractivity contribution in [3.8, 4) is 0 Å². The Hall–Kier alpha value is -2.00. The molecule has 1 fully saturated rings. The van der Waals surface area contributed by atoms with Crippen LogP contribution in [0.4, 0.5) is 11.4 Å². The van der Waals surface area contributed by atoms with E-state index in [2.05, 4.69) is 47.3 Å². The second-order valence-corrected chi connectivity index (χ2v) is 10.9. The Morgan fingerprint density at radius 2 is 1.97 bits per heavy atom. The van der Waals surface area contributed by atoms with Crippen molar-refractivity contribution >= 4 is 38.7 Å². The lowest BCUT2D eigenvalue weighted by atomic mass is 9.89. The summed E-state index contributed by atoms with van der Waals surface area (Å²) in [6.07, 6.45) is 1.03. The van der Waals surface area contributed by atoms with E-state index in [1.54, 1.807) is 18.2 Å². The van der Waals surface area contributed by atoms with E-state index in [0.29, 0.717) is 22.8 Å². The van der Waals surface area contributed by atoms with Gasteiger partial charge < -0.3 is 15.1 Å². The van der Waals surface area contributed by atoms with Gasteiger partial charge in [0.2, 0.25) is 10.0 Å². The topological polar surface area (TPSA) is 55.9 Å². The van der Waals surface area contributed by atoms with Gasteiger partial charge in [-0.25, -0.2) is 12.7 Å². The van der Waals surface area contributed by atoms with Crippen LogP contribution in [-0.2, 0) is 10.0 Å². The maximum absolute atomic E-state index is 12.5. The molecule has 1 N–H and O–H groups in total. The third-order valence-electron chi connectivity index (χ3n) is 6.04. The molecule has 0 spiro atoms. The third-order valence-corrected chi connectivity index (χ3v) is 8.15. The van der Waals surface area contributed by atoms with Crippen LogP contribution in [0.25, 0.3) is 0 Å². The highest BCUT2D eigenvalue weighted by Crippen LogP contribution is 2.45. The molecule has 0 amide bonds. The van der Waals surface area contributed by atoms with Gasteiger partial charge in [-0.15, -0.1) is 0 Å². The van der Waals surface area contributed by atoms with Crippen LogP contribution < -0.4 is 10.2 Å². The molecule has 30 heavy (non-hydrogen) atoms. The Morgan fingerprint density at radius 1 is 1.20 bits per heavy atom. The monoisotopic (exact) mass is 444 g/mol. The number of hydrogen-bond acceptors (Lipinski definition) is 4. The highest BCUT2D eigenvalue weighted by Gasteiger charge is 2.42. The van der Waals surface area contributed by atoms with Crippen LogP contribution in [0.5, 0.6) is 0 Å². The average Bonchev–Trinajstić information content (AvgIpc) is 3.01. The van der Waals surface area contributed by atoms with Crippen LogP contribution in [0.1, 0.15) is 23.5 Å². The van der Waals surface area contributed by atoms with Crippen molar-refractivity contribution in [3.63, 3.8) is 0 Å². The van der Waals surface area contributed by atoms with Gasteiger partial charge in [0.05, 0.1) is 4.90 Å². The molecule has 2 heterocycles. The van der Waals surface area contributed by atoms with E-state index >= 15 is 0 Å². The van der Waals surface area contributed by atoms with Crippen LogP contribution in [-0.4, -0.2) is 63.0 Å². The van der Waals surface area contributed by atoms with E-state index < -0.39 is 10.0 Å². The number of likely N-dealkylation sites (N-methyl/N-ethyl adjacent to an activating group) is 1. The molecular weight excluding hydrogens is 416 g/mol. The lowest BCUT2D eigenvalue weighted by Gasteiger charge is -2.37. The minimum absolute atomic E-state index is 0.245. The lowest BCUT2D eigenvalue weighted by Crippen LogP contribution is -2.48. The van der Waals surface area contributed by atoms with Crippen LogP contribution in [0, 0.1) is 6.92 Å². The lowest BCUT2D eigenvalue weighted by molar-refractivity contribution is 0.237. The first-order valence-corrected chi connectivity index (χ1v) is 11.9. The Balaban J connectivity index is 1.64. The number of likely N-dealkylation sites (tertiary alicyclic amines) is 1. The molecule has 4 rings (SSSR count). The van der Waals surface area contributed by atoms with Crippen molar-refractivity contribution in [3.05, 3.63) is 53.6 Å². The van der Waals surface area contributed by atoms with Crippen LogP contribution in [0.15, 0.2) is 47.4 Å². The summed E-state index contributed by atoms with van der Waals surface area (Å²) in [6.45, 7) is 4.17. The molecule has 8 heteroatoms. The standard InChI is InChI=1S/C22H28N4O2S2/c1-15-8-9-20-18(12-15)19-14-25(4)11-10-21(19)26(20)22(29)23-16-6-5-7-17(13-16)30(27,28)24(2)3/h5-9,12-13,19,21H,10-11,14H2,1-4H3,(H,23,29)/t19-,21+/m1/s1. The fourth-order valence-corrected chi connectivity index (χ4v) is 5.77. The van der Waals surface area contributed by atoms with Crippen molar-refractivity contribution in [2.75, 3.05) is 44.4 Å². The number of sulfonamides is 1. The van der Waals surface area contributed by atoms with E-state index in [0.717, 1.165) is 25.2 Å². The average molecular weight is 445 g/mol. The fraction of sp³-hybridized carbons (Fsp3) is 0.409. The maximum Gasteiger partial charge on any atom is 0.242 e. The Morgan fingerprint density at radius 3 is 2.70 bits per heavy atom. The van der Waals surface area contributed by atoms with Gasteiger partial charge in [0.25, 0.3) is 0 Å². The van der Waals surface area contributed by atoms with Gasteiger partial charge in [0.1, 0.15) is 0 Å². The summed E-state index contributed by atoms with van der Waals surface area (Å²) in [6, 6.07) is 13.7. The number of rotatable bonds is 3. The number of fused-ring (bicyclic) bond motifs is 3. The predicted molar refractivity (Wildman–Crippen MR) is 126 cm³/mol. The van der Waals surface area contributed by atoms with Crippen molar-refractivity contribution < 1.29 is 8.42 Å². The second-order valence-electron chi connectivity index (χ2n) is 8.40. The van der Waals surface area contributed by atoms with E-state index in [9.17, 15) is 8.42 Å². The van der Waals surface area contributed by atoms with Gasteiger partial charge in [-0.05, 0) is 69.0 Å². The van der Waals surface area contributed by atoms with Crippen molar-refractivity contribution in [1.29, 1.82) is 0 Å². The zero-order chi connectivity index (χ0) is 21.6. The van der Waals surface area contributed by atoms with Crippen molar-refractivity contribution in [1.82, 2.24) is 9.21 Å². The number of thiocarbonyl (C=S) groups is 1. The van der Waals surface area contributed by atoms with Crippen LogP contribution in [0.2, 0.25) is 0 Å². The molecule has 2 aliphatic heterocycles. The molecule has 6 nitrogen and oxygen atoms in total. The molecule has 0 bridgehead atoms. The second kappa shape index (κ2) is 7.92. The van der Waals surface area contributed by atoms with Crippen molar-refractivity contribution in [2.45, 2.75) is 30.2 Å². The molecule has 160 valence electrons. The molecule has 0 aromatic heterocycles. The van der Waals surface area contributed by atoms with Gasteiger partial charge in [-0.1, -0.05) is 23.8 Å². The van der Waals surface area contributed by atoms with Gasteiger partial charge in [0, 0.05) is 44.0 Å². The molecule has 0 aliphatic carbocycles. The number of hydrogen-bond donors (Lipinski definition) is 1. The summed E-state index contributed by atoms with van der Waals surface area (Å²) in [5, 5.41) is 3.90. The normalized spacial score (nSPS) is 21.4. The minimum atomic E-state index is -3.50. The first-order valence-electron chi connectivity index (χ1n) is 10.1. The van der Waals surface area contributed by atoms with Crippen LogP contribution in [0.3, 0.4) is 0 Å². The number of benzene rings is 2. The summed E-state index contributed by atoms with van der Waals surface area (Å²) < 4.78 is 26.2. The Bertz CT molecular complexity index is 1080. The fourth-order valence-electron chi connectivity index (χ4n) is 4.48. The Labute approximate surface area is 184 Å². The summed E-state index contributed by atoms with van der Waals surface area (Å²) in [4.78, 5) is 4.85. The van der Waals surface area contributed by atoms with E-state index in [4.69, 9.17) is 12.2 Å². The highest BCUT2D eigenvalue weighted by molar-refractivity contribution is 7.89.